The van der Waals surface area contributed by atoms with Gasteiger partial charge in [-0.15, -0.1) is 0 Å². The molecule has 2 aromatic carbocycles. The van der Waals surface area contributed by atoms with E-state index < -0.39 is 14.9 Å². The molecule has 29 heavy (non-hydrogen) atoms. The summed E-state index contributed by atoms with van der Waals surface area (Å²) in [5.41, 5.74) is 2.03. The molecule has 0 aliphatic carbocycles. The maximum atomic E-state index is 12.5. The largest absolute Gasteiger partial charge is 0.276 e. The van der Waals surface area contributed by atoms with Crippen molar-refractivity contribution in [3.05, 3.63) is 75.3 Å². The molecule has 8 heteroatoms. The van der Waals surface area contributed by atoms with Crippen LogP contribution in [0, 0.1) is 17.0 Å². The van der Waals surface area contributed by atoms with Crippen LogP contribution in [-0.4, -0.2) is 19.6 Å². The Morgan fingerprint density at radius 1 is 1.17 bits per heavy atom. The number of benzene rings is 2. The molecule has 0 spiro atoms. The number of rotatable bonds is 10. The summed E-state index contributed by atoms with van der Waals surface area (Å²) in [5, 5.41) is 14.9. The highest BCUT2D eigenvalue weighted by molar-refractivity contribution is 7.89. The molecule has 1 N–H and O–H groups in total. The summed E-state index contributed by atoms with van der Waals surface area (Å²) >= 11 is 0. The van der Waals surface area contributed by atoms with E-state index in [2.05, 4.69) is 16.9 Å². The number of nitrogens with one attached hydrogen (secondary N) is 1. The lowest BCUT2D eigenvalue weighted by Crippen LogP contribution is -2.18. The maximum absolute atomic E-state index is 12.5. The zero-order valence-electron chi connectivity index (χ0n) is 16.5. The van der Waals surface area contributed by atoms with Crippen molar-refractivity contribution in [1.82, 2.24) is 4.83 Å². The Labute approximate surface area is 171 Å². The summed E-state index contributed by atoms with van der Waals surface area (Å²) in [4.78, 5) is 12.4. The van der Waals surface area contributed by atoms with Gasteiger partial charge in [-0.3, -0.25) is 10.1 Å². The molecule has 0 heterocycles. The Balaban J connectivity index is 2.19. The van der Waals surface area contributed by atoms with E-state index in [1.54, 1.807) is 6.92 Å². The maximum Gasteiger partial charge on any atom is 0.276 e. The molecule has 7 nitrogen and oxygen atoms in total. The van der Waals surface area contributed by atoms with Crippen molar-refractivity contribution in [2.45, 2.75) is 44.4 Å². The fourth-order valence-electron chi connectivity index (χ4n) is 2.70. The minimum absolute atomic E-state index is 0.202. The zero-order valence-corrected chi connectivity index (χ0v) is 17.4. The van der Waals surface area contributed by atoms with Crippen LogP contribution >= 0.6 is 0 Å². The van der Waals surface area contributed by atoms with E-state index in [1.165, 1.54) is 18.3 Å². The summed E-state index contributed by atoms with van der Waals surface area (Å²) in [6.45, 7) is 3.67. The van der Waals surface area contributed by atoms with Crippen LogP contribution in [0.25, 0.3) is 6.08 Å². The molecule has 0 unspecified atom stereocenters. The third-order valence-corrected chi connectivity index (χ3v) is 5.53. The van der Waals surface area contributed by atoms with Crippen LogP contribution in [0.3, 0.4) is 0 Å². The fourth-order valence-corrected chi connectivity index (χ4v) is 3.51. The Bertz CT molecular complexity index is 1000. The third-order valence-electron chi connectivity index (χ3n) is 4.31. The van der Waals surface area contributed by atoms with Crippen molar-refractivity contribution < 1.29 is 13.3 Å². The van der Waals surface area contributed by atoms with Gasteiger partial charge in [0, 0.05) is 11.6 Å². The monoisotopic (exact) mass is 415 g/mol. The van der Waals surface area contributed by atoms with Gasteiger partial charge in [0.2, 0.25) is 0 Å². The van der Waals surface area contributed by atoms with Crippen molar-refractivity contribution >= 4 is 28.0 Å². The molecular formula is C21H25N3O4S. The lowest BCUT2D eigenvalue weighted by atomic mass is 10.1. The summed E-state index contributed by atoms with van der Waals surface area (Å²) in [6, 6.07) is 13.5. The topological polar surface area (TPSA) is 102 Å². The van der Waals surface area contributed by atoms with Crippen LogP contribution in [0.15, 0.2) is 64.1 Å². The van der Waals surface area contributed by atoms with Crippen molar-refractivity contribution in [3.8, 4) is 0 Å². The molecule has 0 fully saturated rings. The number of hydrazone groups is 1. The Morgan fingerprint density at radius 3 is 2.55 bits per heavy atom. The van der Waals surface area contributed by atoms with Gasteiger partial charge >= 0.3 is 0 Å². The second-order valence-electron chi connectivity index (χ2n) is 6.65. The van der Waals surface area contributed by atoms with Gasteiger partial charge in [-0.1, -0.05) is 62.2 Å². The summed E-state index contributed by atoms with van der Waals surface area (Å²) in [5.74, 6) is 0. The average molecular weight is 416 g/mol. The van der Waals surface area contributed by atoms with Gasteiger partial charge in [-0.05, 0) is 37.0 Å². The van der Waals surface area contributed by atoms with Crippen LogP contribution in [0.2, 0.25) is 0 Å². The predicted molar refractivity (Wildman–Crippen MR) is 115 cm³/mol. The van der Waals surface area contributed by atoms with Crippen LogP contribution in [0.4, 0.5) is 5.69 Å². The first-order valence-electron chi connectivity index (χ1n) is 9.39. The highest BCUT2D eigenvalue weighted by Gasteiger charge is 2.19. The van der Waals surface area contributed by atoms with E-state index in [0.29, 0.717) is 5.56 Å². The van der Waals surface area contributed by atoms with Gasteiger partial charge in [0.05, 0.1) is 16.0 Å². The van der Waals surface area contributed by atoms with E-state index in [-0.39, 0.29) is 10.6 Å². The number of hydrogen-bond donors (Lipinski definition) is 1. The molecule has 0 saturated carbocycles. The van der Waals surface area contributed by atoms with Gasteiger partial charge in [0.15, 0.2) is 0 Å². The van der Waals surface area contributed by atoms with E-state index in [0.717, 1.165) is 42.9 Å². The number of hydrogen-bond acceptors (Lipinski definition) is 5. The number of allylic oxidation sites excluding steroid dienone is 1. The van der Waals surface area contributed by atoms with Crippen LogP contribution in [0.1, 0.15) is 43.7 Å². The molecule has 0 atom stereocenters. The number of aryl methyl sites for hydroxylation is 1. The lowest BCUT2D eigenvalue weighted by Gasteiger charge is -2.06. The number of nitro groups is 1. The number of nitrogens with zero attached hydrogens (tertiary/aromatic N) is 2. The summed E-state index contributed by atoms with van der Waals surface area (Å²) in [6.07, 6.45) is 7.34. The first kappa shape index (κ1) is 22.3. The molecule has 0 aliphatic rings. The molecular weight excluding hydrogens is 390 g/mol. The van der Waals surface area contributed by atoms with Crippen molar-refractivity contribution in [2.24, 2.45) is 5.10 Å². The quantitative estimate of drug-likeness (QED) is 0.260. The Morgan fingerprint density at radius 2 is 1.90 bits per heavy atom. The van der Waals surface area contributed by atoms with E-state index in [4.69, 9.17) is 0 Å². The predicted octanol–water partition coefficient (Wildman–Crippen LogP) is 4.83. The van der Waals surface area contributed by atoms with Gasteiger partial charge in [-0.2, -0.15) is 13.5 Å². The van der Waals surface area contributed by atoms with E-state index in [1.807, 2.05) is 36.4 Å². The Kier molecular flexibility index (Phi) is 8.09. The second-order valence-corrected chi connectivity index (χ2v) is 8.31. The Hall–Kier alpha value is -3.00. The standard InChI is InChI=1S/C21H25N3O4S/c1-3-4-6-11-19(14-18-9-7-5-8-10-18)16-22-23-29(27,28)20-13-12-17(2)21(15-20)24(25)26/h5,7-10,12-16,23H,3-4,6,11H2,1-2H3/b19-14+,22-16+. The molecule has 0 aromatic heterocycles. The first-order valence-corrected chi connectivity index (χ1v) is 10.9. The van der Waals surface area contributed by atoms with Gasteiger partial charge in [-0.25, -0.2) is 4.83 Å². The molecule has 2 aromatic rings. The minimum Gasteiger partial charge on any atom is -0.258 e. The summed E-state index contributed by atoms with van der Waals surface area (Å²) < 4.78 is 24.9. The molecule has 0 amide bonds. The number of nitro benzene ring substituents is 1. The zero-order chi connectivity index (χ0) is 21.3. The van der Waals surface area contributed by atoms with E-state index in [9.17, 15) is 18.5 Å². The molecule has 0 radical (unpaired) electrons. The van der Waals surface area contributed by atoms with Crippen LogP contribution in [0.5, 0.6) is 0 Å². The van der Waals surface area contributed by atoms with E-state index >= 15 is 0 Å². The second kappa shape index (κ2) is 10.5. The minimum atomic E-state index is -4.01. The number of sulfonamides is 1. The van der Waals surface area contributed by atoms with Crippen molar-refractivity contribution in [1.29, 1.82) is 0 Å². The highest BCUT2D eigenvalue weighted by atomic mass is 32.2. The van der Waals surface area contributed by atoms with Crippen LogP contribution < -0.4 is 4.83 Å². The lowest BCUT2D eigenvalue weighted by molar-refractivity contribution is -0.385. The van der Waals surface area contributed by atoms with Crippen molar-refractivity contribution in [2.75, 3.05) is 0 Å². The molecule has 0 bridgehead atoms. The van der Waals surface area contributed by atoms with Gasteiger partial charge in [0.25, 0.3) is 15.7 Å². The third kappa shape index (κ3) is 6.83. The summed E-state index contributed by atoms with van der Waals surface area (Å²) in [7, 11) is -4.01. The number of unbranched alkanes of at least 4 members (excludes halogenated alkanes) is 2. The first-order chi connectivity index (χ1) is 13.8. The molecule has 154 valence electrons. The fraction of sp³-hybridized carbons (Fsp3) is 0.286. The normalized spacial score (nSPS) is 12.3. The average Bonchev–Trinajstić information content (AvgIpc) is 2.68. The van der Waals surface area contributed by atoms with Crippen LogP contribution in [-0.2, 0) is 10.0 Å². The van der Waals surface area contributed by atoms with Gasteiger partial charge in [0.1, 0.15) is 0 Å². The molecule has 0 saturated heterocycles. The SMILES string of the molecule is CCCCCC(/C=N/NS(=O)(=O)c1ccc(C)c([N+](=O)[O-])c1)=C\c1ccccc1. The smallest absolute Gasteiger partial charge is 0.258 e. The van der Waals surface area contributed by atoms with Crippen molar-refractivity contribution in [3.63, 3.8) is 0 Å². The highest BCUT2D eigenvalue weighted by Crippen LogP contribution is 2.22. The molecule has 2 rings (SSSR count). The van der Waals surface area contributed by atoms with Gasteiger partial charge < -0.3 is 0 Å². The molecule has 0 aliphatic heterocycles.